The Morgan fingerprint density at radius 3 is 2.65 bits per heavy atom. The predicted molar refractivity (Wildman–Crippen MR) is 60.4 cm³/mol. The summed E-state index contributed by atoms with van der Waals surface area (Å²) < 4.78 is 9.73. The van der Waals surface area contributed by atoms with E-state index in [9.17, 15) is 9.59 Å². The maximum absolute atomic E-state index is 11.6. The van der Waals surface area contributed by atoms with Crippen LogP contribution < -0.4 is 5.32 Å². The molecule has 1 N–H and O–H groups in total. The van der Waals surface area contributed by atoms with Crippen molar-refractivity contribution in [2.75, 3.05) is 11.9 Å². The fourth-order valence-corrected chi connectivity index (χ4v) is 1.45. The van der Waals surface area contributed by atoms with E-state index < -0.39 is 18.2 Å². The molecule has 1 heterocycles. The van der Waals surface area contributed by atoms with Crippen molar-refractivity contribution in [1.29, 1.82) is 0 Å². The number of ether oxygens (including phenoxy) is 2. The van der Waals surface area contributed by atoms with E-state index in [4.69, 9.17) is 9.47 Å². The van der Waals surface area contributed by atoms with Gasteiger partial charge in [-0.05, 0) is 19.1 Å². The molecule has 2 atom stereocenters. The normalized spacial score (nSPS) is 21.7. The molecule has 1 aliphatic rings. The lowest BCUT2D eigenvalue weighted by molar-refractivity contribution is -0.144. The summed E-state index contributed by atoms with van der Waals surface area (Å²) in [5, 5.41) is 2.66. The average Bonchev–Trinajstić information content (AvgIpc) is 3.10. The molecule has 0 bridgehead atoms. The van der Waals surface area contributed by atoms with E-state index in [1.165, 1.54) is 0 Å². The van der Waals surface area contributed by atoms with E-state index in [-0.39, 0.29) is 12.5 Å². The third kappa shape index (κ3) is 2.82. The van der Waals surface area contributed by atoms with Crippen molar-refractivity contribution in [2.24, 2.45) is 0 Å². The van der Waals surface area contributed by atoms with E-state index >= 15 is 0 Å². The van der Waals surface area contributed by atoms with Crippen LogP contribution in [-0.4, -0.2) is 30.7 Å². The second-order valence-electron chi connectivity index (χ2n) is 3.58. The van der Waals surface area contributed by atoms with Gasteiger partial charge in [0.1, 0.15) is 0 Å². The summed E-state index contributed by atoms with van der Waals surface area (Å²) in [4.78, 5) is 22.9. The summed E-state index contributed by atoms with van der Waals surface area (Å²) in [7, 11) is 0. The van der Waals surface area contributed by atoms with Gasteiger partial charge >= 0.3 is 5.97 Å². The number of amides is 1. The van der Waals surface area contributed by atoms with Crippen LogP contribution in [0.1, 0.15) is 6.92 Å². The molecule has 1 aromatic carbocycles. The Bertz CT molecular complexity index is 418. The van der Waals surface area contributed by atoms with Crippen LogP contribution in [0.4, 0.5) is 5.69 Å². The van der Waals surface area contributed by atoms with Gasteiger partial charge in [0.2, 0.25) is 0 Å². The van der Waals surface area contributed by atoms with Gasteiger partial charge in [0, 0.05) is 5.69 Å². The third-order valence-electron chi connectivity index (χ3n) is 2.31. The number of carbonyl (C=O) groups excluding carboxylic acids is 2. The molecule has 0 aliphatic carbocycles. The summed E-state index contributed by atoms with van der Waals surface area (Å²) in [5.41, 5.74) is 0.676. The zero-order valence-electron chi connectivity index (χ0n) is 9.38. The lowest BCUT2D eigenvalue weighted by Gasteiger charge is -2.01. The minimum absolute atomic E-state index is 0.283. The number of esters is 1. The fraction of sp³-hybridized carbons (Fsp3) is 0.333. The van der Waals surface area contributed by atoms with Gasteiger partial charge in [0.05, 0.1) is 6.61 Å². The van der Waals surface area contributed by atoms with E-state index in [0.29, 0.717) is 5.69 Å². The number of nitrogens with one attached hydrogen (secondary N) is 1. The van der Waals surface area contributed by atoms with Crippen molar-refractivity contribution in [3.8, 4) is 0 Å². The second-order valence-corrected chi connectivity index (χ2v) is 3.58. The van der Waals surface area contributed by atoms with Crippen molar-refractivity contribution in [2.45, 2.75) is 19.1 Å². The monoisotopic (exact) mass is 235 g/mol. The molecule has 5 nitrogen and oxygen atoms in total. The minimum atomic E-state index is -0.751. The SMILES string of the molecule is CCOC(=O)C1OC1C(=O)Nc1ccccc1. The first kappa shape index (κ1) is 11.6. The highest BCUT2D eigenvalue weighted by molar-refractivity contribution is 6.00. The lowest BCUT2D eigenvalue weighted by atomic mass is 10.2. The molecule has 1 amide bonds. The minimum Gasteiger partial charge on any atom is -0.464 e. The quantitative estimate of drug-likeness (QED) is 0.623. The molecule has 1 aromatic rings. The van der Waals surface area contributed by atoms with E-state index in [0.717, 1.165) is 0 Å². The van der Waals surface area contributed by atoms with Crippen LogP contribution in [-0.2, 0) is 19.1 Å². The van der Waals surface area contributed by atoms with Crippen LogP contribution in [0, 0.1) is 0 Å². The molecule has 5 heteroatoms. The Kier molecular flexibility index (Phi) is 3.39. The van der Waals surface area contributed by atoms with Crippen LogP contribution in [0.15, 0.2) is 30.3 Å². The van der Waals surface area contributed by atoms with Gasteiger partial charge in [-0.3, -0.25) is 4.79 Å². The molecule has 1 fully saturated rings. The number of benzene rings is 1. The van der Waals surface area contributed by atoms with Crippen molar-refractivity contribution in [1.82, 2.24) is 0 Å². The standard InChI is InChI=1S/C12H13NO4/c1-2-16-12(15)10-9(17-10)11(14)13-8-6-4-3-5-7-8/h3-7,9-10H,2H2,1H3,(H,13,14). The van der Waals surface area contributed by atoms with Gasteiger partial charge in [0.25, 0.3) is 5.91 Å². The van der Waals surface area contributed by atoms with Crippen molar-refractivity contribution in [3.63, 3.8) is 0 Å². The topological polar surface area (TPSA) is 67.9 Å². The number of hydrogen-bond donors (Lipinski definition) is 1. The average molecular weight is 235 g/mol. The van der Waals surface area contributed by atoms with Gasteiger partial charge in [-0.1, -0.05) is 18.2 Å². The Labute approximate surface area is 98.7 Å². The number of epoxide rings is 1. The molecular formula is C12H13NO4. The van der Waals surface area contributed by atoms with Gasteiger partial charge in [-0.2, -0.15) is 0 Å². The molecule has 2 unspecified atom stereocenters. The summed E-state index contributed by atoms with van der Waals surface area (Å²) in [6, 6.07) is 9.00. The molecule has 0 spiro atoms. The Morgan fingerprint density at radius 2 is 2.00 bits per heavy atom. The number of para-hydroxylation sites is 1. The highest BCUT2D eigenvalue weighted by Crippen LogP contribution is 2.24. The first-order valence-electron chi connectivity index (χ1n) is 5.40. The summed E-state index contributed by atoms with van der Waals surface area (Å²) >= 11 is 0. The third-order valence-corrected chi connectivity index (χ3v) is 2.31. The van der Waals surface area contributed by atoms with Crippen molar-refractivity contribution >= 4 is 17.6 Å². The molecule has 90 valence electrons. The first-order chi connectivity index (χ1) is 8.22. The molecule has 0 saturated carbocycles. The van der Waals surface area contributed by atoms with Gasteiger partial charge in [-0.15, -0.1) is 0 Å². The predicted octanol–water partition coefficient (Wildman–Crippen LogP) is 0.956. The molecule has 0 aromatic heterocycles. The summed E-state index contributed by atoms with van der Waals surface area (Å²) in [6.07, 6.45) is -1.48. The molecule has 17 heavy (non-hydrogen) atoms. The van der Waals surface area contributed by atoms with Crippen LogP contribution in [0.2, 0.25) is 0 Å². The number of rotatable bonds is 4. The highest BCUT2D eigenvalue weighted by Gasteiger charge is 2.51. The summed E-state index contributed by atoms with van der Waals surface area (Å²) in [6.45, 7) is 1.99. The highest BCUT2D eigenvalue weighted by atomic mass is 16.6. The second kappa shape index (κ2) is 4.97. The van der Waals surface area contributed by atoms with Crippen LogP contribution in [0.5, 0.6) is 0 Å². The number of hydrogen-bond acceptors (Lipinski definition) is 4. The molecular weight excluding hydrogens is 222 g/mol. The van der Waals surface area contributed by atoms with E-state index in [1.54, 1.807) is 19.1 Å². The smallest absolute Gasteiger partial charge is 0.338 e. The first-order valence-corrected chi connectivity index (χ1v) is 5.40. The Morgan fingerprint density at radius 1 is 1.29 bits per heavy atom. The number of anilines is 1. The Hall–Kier alpha value is -1.88. The zero-order valence-corrected chi connectivity index (χ0v) is 9.38. The fourth-order valence-electron chi connectivity index (χ4n) is 1.45. The molecule has 2 rings (SSSR count). The maximum atomic E-state index is 11.6. The molecule has 1 aliphatic heterocycles. The molecule has 1 saturated heterocycles. The molecule has 0 radical (unpaired) electrons. The summed E-state index contributed by atoms with van der Waals surface area (Å²) in [5.74, 6) is -0.810. The maximum Gasteiger partial charge on any atom is 0.338 e. The van der Waals surface area contributed by atoms with E-state index in [1.807, 2.05) is 18.2 Å². The van der Waals surface area contributed by atoms with Gasteiger partial charge < -0.3 is 14.8 Å². The van der Waals surface area contributed by atoms with Crippen LogP contribution in [0.3, 0.4) is 0 Å². The largest absolute Gasteiger partial charge is 0.464 e. The van der Waals surface area contributed by atoms with Crippen molar-refractivity contribution in [3.05, 3.63) is 30.3 Å². The zero-order chi connectivity index (χ0) is 12.3. The Balaban J connectivity index is 1.85. The van der Waals surface area contributed by atoms with Gasteiger partial charge in [0.15, 0.2) is 12.2 Å². The van der Waals surface area contributed by atoms with Crippen LogP contribution in [0.25, 0.3) is 0 Å². The van der Waals surface area contributed by atoms with Crippen LogP contribution >= 0.6 is 0 Å². The van der Waals surface area contributed by atoms with E-state index in [2.05, 4.69) is 5.32 Å². The van der Waals surface area contributed by atoms with Crippen molar-refractivity contribution < 1.29 is 19.1 Å². The lowest BCUT2D eigenvalue weighted by Crippen LogP contribution is -2.23. The van der Waals surface area contributed by atoms with Gasteiger partial charge in [-0.25, -0.2) is 4.79 Å². The number of carbonyl (C=O) groups is 2.